The lowest BCUT2D eigenvalue weighted by Crippen LogP contribution is -2.29. The molecule has 5 aromatic rings. The highest BCUT2D eigenvalue weighted by Crippen LogP contribution is 2.32. The van der Waals surface area contributed by atoms with Crippen LogP contribution in [0, 0.1) is 6.92 Å². The molecule has 192 valence electrons. The third-order valence-electron chi connectivity index (χ3n) is 5.74. The average molecular weight is 545 g/mol. The summed E-state index contributed by atoms with van der Waals surface area (Å²) in [6.07, 6.45) is 0. The highest BCUT2D eigenvalue weighted by atomic mass is 33.1. The van der Waals surface area contributed by atoms with E-state index in [1.165, 1.54) is 0 Å². The van der Waals surface area contributed by atoms with Crippen molar-refractivity contribution in [2.45, 2.75) is 23.5 Å². The quantitative estimate of drug-likeness (QED) is 0.263. The van der Waals surface area contributed by atoms with Crippen LogP contribution in [0.4, 0.5) is 0 Å². The number of carbonyl (C=O) groups is 1. The summed E-state index contributed by atoms with van der Waals surface area (Å²) in [7, 11) is -3.13. The fourth-order valence-corrected chi connectivity index (χ4v) is 6.45. The van der Waals surface area contributed by atoms with Gasteiger partial charge in [-0.25, -0.2) is 8.42 Å². The summed E-state index contributed by atoms with van der Waals surface area (Å²) in [6.45, 7) is 1.75. The summed E-state index contributed by atoms with van der Waals surface area (Å²) in [5, 5.41) is 13.4. The number of amides is 1. The van der Waals surface area contributed by atoms with E-state index in [2.05, 4.69) is 15.5 Å². The molecule has 8 nitrogen and oxygen atoms in total. The molecule has 0 saturated heterocycles. The van der Waals surface area contributed by atoms with Crippen LogP contribution in [0.15, 0.2) is 107 Å². The van der Waals surface area contributed by atoms with Crippen LogP contribution < -0.4 is 10.1 Å². The van der Waals surface area contributed by atoms with Gasteiger partial charge in [0, 0.05) is 5.69 Å². The van der Waals surface area contributed by atoms with E-state index in [1.807, 2.05) is 79.7 Å². The summed E-state index contributed by atoms with van der Waals surface area (Å²) in [5.74, 6) is 0.630. The Labute approximate surface area is 224 Å². The van der Waals surface area contributed by atoms with E-state index in [0.717, 1.165) is 16.3 Å². The number of hydrogen-bond acceptors (Lipinski definition) is 7. The summed E-state index contributed by atoms with van der Waals surface area (Å²) >= 11 is 0. The molecule has 0 aliphatic heterocycles. The lowest BCUT2D eigenvalue weighted by Gasteiger charge is -2.11. The second kappa shape index (κ2) is 11.1. The predicted molar refractivity (Wildman–Crippen MR) is 147 cm³/mol. The maximum absolute atomic E-state index is 13.1. The fourth-order valence-electron chi connectivity index (χ4n) is 3.79. The van der Waals surface area contributed by atoms with Gasteiger partial charge in [0.2, 0.25) is 14.0 Å². The van der Waals surface area contributed by atoms with Gasteiger partial charge in [0.25, 0.3) is 5.91 Å². The van der Waals surface area contributed by atoms with Gasteiger partial charge >= 0.3 is 0 Å². The number of nitrogens with zero attached hydrogens (tertiary/aromatic N) is 3. The topological polar surface area (TPSA) is 103 Å². The first kappa shape index (κ1) is 25.5. The van der Waals surface area contributed by atoms with Crippen molar-refractivity contribution in [2.75, 3.05) is 6.61 Å². The molecular formula is C28H24N4O4S2. The first-order valence-electron chi connectivity index (χ1n) is 11.8. The maximum atomic E-state index is 13.1. The summed E-state index contributed by atoms with van der Waals surface area (Å²) in [4.78, 5) is 12.7. The van der Waals surface area contributed by atoms with Crippen LogP contribution in [0.3, 0.4) is 0 Å². The molecule has 1 amide bonds. The number of hydrogen-bond donors (Lipinski definition) is 1. The van der Waals surface area contributed by atoms with Gasteiger partial charge < -0.3 is 10.1 Å². The highest BCUT2D eigenvalue weighted by molar-refractivity contribution is 8.72. The van der Waals surface area contributed by atoms with Gasteiger partial charge in [-0.3, -0.25) is 9.36 Å². The Kier molecular flexibility index (Phi) is 7.43. The standard InChI is InChI=1S/C28H24N4O4S2/c1-20-11-15-25(16-12-20)38(34,35)37-28-31-30-26(32(28)23-9-3-2-4-10-23)18-29-27(33)19-36-24-14-13-21-7-5-6-8-22(21)17-24/h2-17H,18-19H2,1H3,(H,29,33). The minimum Gasteiger partial charge on any atom is -0.484 e. The Morgan fingerprint density at radius 2 is 1.61 bits per heavy atom. The molecule has 5 rings (SSSR count). The number of nitrogens with one attached hydrogen (secondary N) is 1. The molecule has 0 spiro atoms. The zero-order chi connectivity index (χ0) is 26.5. The minimum absolute atomic E-state index is 0.0347. The van der Waals surface area contributed by atoms with E-state index in [9.17, 15) is 13.2 Å². The second-order valence-corrected chi connectivity index (χ2v) is 12.2. The monoisotopic (exact) mass is 544 g/mol. The van der Waals surface area contributed by atoms with Crippen molar-refractivity contribution in [2.24, 2.45) is 0 Å². The molecule has 0 aliphatic carbocycles. The van der Waals surface area contributed by atoms with Crippen LogP contribution in [0.5, 0.6) is 5.75 Å². The van der Waals surface area contributed by atoms with E-state index in [1.54, 1.807) is 28.8 Å². The van der Waals surface area contributed by atoms with Crippen molar-refractivity contribution in [3.05, 3.63) is 108 Å². The third kappa shape index (κ3) is 5.87. The largest absolute Gasteiger partial charge is 0.484 e. The van der Waals surface area contributed by atoms with Crippen molar-refractivity contribution < 1.29 is 17.9 Å². The molecule has 0 fully saturated rings. The van der Waals surface area contributed by atoms with Crippen LogP contribution in [0.25, 0.3) is 16.5 Å². The summed E-state index contributed by atoms with van der Waals surface area (Å²) < 4.78 is 33.4. The van der Waals surface area contributed by atoms with Gasteiger partial charge in [0.1, 0.15) is 5.75 Å². The summed E-state index contributed by atoms with van der Waals surface area (Å²) in [6, 6.07) is 29.3. The summed E-state index contributed by atoms with van der Waals surface area (Å²) in [5.41, 5.74) is 1.64. The van der Waals surface area contributed by atoms with Crippen LogP contribution in [0.2, 0.25) is 0 Å². The molecule has 0 atom stereocenters. The maximum Gasteiger partial charge on any atom is 0.258 e. The van der Waals surface area contributed by atoms with Crippen LogP contribution in [-0.4, -0.2) is 35.7 Å². The van der Waals surface area contributed by atoms with Crippen molar-refractivity contribution in [1.82, 2.24) is 20.1 Å². The van der Waals surface area contributed by atoms with E-state index in [4.69, 9.17) is 4.74 Å². The van der Waals surface area contributed by atoms with Crippen LogP contribution in [0.1, 0.15) is 11.4 Å². The number of aromatic nitrogens is 3. The first-order chi connectivity index (χ1) is 18.4. The molecule has 38 heavy (non-hydrogen) atoms. The molecule has 4 aromatic carbocycles. The van der Waals surface area contributed by atoms with Gasteiger partial charge in [-0.15, -0.1) is 10.2 Å². The molecule has 0 aliphatic rings. The van der Waals surface area contributed by atoms with E-state index < -0.39 is 8.87 Å². The number of ether oxygens (including phenoxy) is 1. The van der Waals surface area contributed by atoms with Crippen molar-refractivity contribution in [1.29, 1.82) is 0 Å². The normalized spacial score (nSPS) is 11.4. The van der Waals surface area contributed by atoms with Gasteiger partial charge in [-0.1, -0.05) is 66.2 Å². The molecule has 0 unspecified atom stereocenters. The van der Waals surface area contributed by atoms with E-state index >= 15 is 0 Å². The average Bonchev–Trinajstić information content (AvgIpc) is 3.32. The minimum atomic E-state index is -3.75. The molecule has 0 radical (unpaired) electrons. The molecule has 0 saturated carbocycles. The Hall–Kier alpha value is -4.15. The zero-order valence-corrected chi connectivity index (χ0v) is 22.1. The lowest BCUT2D eigenvalue weighted by molar-refractivity contribution is -0.123. The van der Waals surface area contributed by atoms with Gasteiger partial charge in [0.15, 0.2) is 12.4 Å². The number of aryl methyl sites for hydroxylation is 1. The van der Waals surface area contributed by atoms with Crippen molar-refractivity contribution in [3.63, 3.8) is 0 Å². The molecule has 1 aromatic heterocycles. The van der Waals surface area contributed by atoms with Gasteiger partial charge in [-0.2, -0.15) is 0 Å². The van der Waals surface area contributed by atoms with Gasteiger partial charge in [-0.05, 0) is 54.1 Å². The molecule has 0 bridgehead atoms. The van der Waals surface area contributed by atoms with Crippen molar-refractivity contribution >= 4 is 36.3 Å². The van der Waals surface area contributed by atoms with Crippen LogP contribution >= 0.6 is 10.8 Å². The highest BCUT2D eigenvalue weighted by Gasteiger charge is 2.23. The first-order valence-corrected chi connectivity index (χ1v) is 14.6. The number of carbonyl (C=O) groups excluding carboxylic acids is 1. The molecule has 1 N–H and O–H groups in total. The Bertz CT molecular complexity index is 1690. The lowest BCUT2D eigenvalue weighted by atomic mass is 10.1. The number of benzene rings is 4. The Morgan fingerprint density at radius 3 is 2.37 bits per heavy atom. The third-order valence-corrected chi connectivity index (χ3v) is 8.91. The fraction of sp³-hybridized carbons (Fsp3) is 0.107. The smallest absolute Gasteiger partial charge is 0.258 e. The van der Waals surface area contributed by atoms with Crippen LogP contribution in [-0.2, 0) is 20.2 Å². The van der Waals surface area contributed by atoms with Crippen molar-refractivity contribution in [3.8, 4) is 11.4 Å². The Balaban J connectivity index is 1.30. The SMILES string of the molecule is Cc1ccc(S(=O)(=O)Sc2nnc(CNC(=O)COc3ccc4ccccc4c3)n2-c2ccccc2)cc1. The number of para-hydroxylation sites is 1. The molecule has 10 heteroatoms. The number of rotatable bonds is 9. The zero-order valence-electron chi connectivity index (χ0n) is 20.4. The Morgan fingerprint density at radius 1 is 0.895 bits per heavy atom. The second-order valence-electron chi connectivity index (χ2n) is 8.49. The van der Waals surface area contributed by atoms with Gasteiger partial charge in [0.05, 0.1) is 22.2 Å². The number of fused-ring (bicyclic) bond motifs is 1. The molecule has 1 heterocycles. The predicted octanol–water partition coefficient (Wildman–Crippen LogP) is 4.91. The van der Waals surface area contributed by atoms with E-state index in [-0.39, 0.29) is 29.1 Å². The molecular weight excluding hydrogens is 520 g/mol. The van der Waals surface area contributed by atoms with E-state index in [0.29, 0.717) is 28.1 Å².